The van der Waals surface area contributed by atoms with E-state index in [2.05, 4.69) is 5.32 Å². The van der Waals surface area contributed by atoms with Crippen LogP contribution in [-0.2, 0) is 6.54 Å². The zero-order valence-corrected chi connectivity index (χ0v) is 9.54. The van der Waals surface area contributed by atoms with Crippen LogP contribution in [0.3, 0.4) is 0 Å². The number of nitrogens with zero attached hydrogens (tertiary/aromatic N) is 1. The first-order valence-corrected chi connectivity index (χ1v) is 5.75. The van der Waals surface area contributed by atoms with E-state index in [4.69, 9.17) is 5.26 Å². The fourth-order valence-electron chi connectivity index (χ4n) is 1.95. The number of benzene rings is 1. The Hall–Kier alpha value is -1.44. The van der Waals surface area contributed by atoms with Gasteiger partial charge in [-0.25, -0.2) is 4.39 Å². The summed E-state index contributed by atoms with van der Waals surface area (Å²) in [5, 5.41) is 21.5. The molecule has 1 aliphatic carbocycles. The topological polar surface area (TPSA) is 56.0 Å². The molecule has 1 aliphatic rings. The SMILES string of the molecule is N#Cc1ccc(CNCC2(O)CCC2)c(F)c1. The molecule has 0 aromatic heterocycles. The maximum atomic E-state index is 13.5. The Balaban J connectivity index is 1.89. The van der Waals surface area contributed by atoms with E-state index in [-0.39, 0.29) is 5.82 Å². The van der Waals surface area contributed by atoms with Gasteiger partial charge in [-0.3, -0.25) is 0 Å². The van der Waals surface area contributed by atoms with Crippen LogP contribution in [0.2, 0.25) is 0 Å². The molecule has 0 saturated heterocycles. The Kier molecular flexibility index (Phi) is 3.41. The average Bonchev–Trinajstić information content (AvgIpc) is 2.29. The van der Waals surface area contributed by atoms with Gasteiger partial charge in [-0.15, -0.1) is 0 Å². The summed E-state index contributed by atoms with van der Waals surface area (Å²) in [4.78, 5) is 0. The molecule has 0 atom stereocenters. The molecule has 0 radical (unpaired) electrons. The second kappa shape index (κ2) is 4.82. The third-order valence-electron chi connectivity index (χ3n) is 3.24. The molecule has 2 rings (SSSR count). The molecule has 90 valence electrons. The van der Waals surface area contributed by atoms with Gasteiger partial charge in [0.25, 0.3) is 0 Å². The van der Waals surface area contributed by atoms with E-state index in [9.17, 15) is 9.50 Å². The predicted octanol–water partition coefficient (Wildman–Crippen LogP) is 1.70. The Labute approximate surface area is 99.9 Å². The smallest absolute Gasteiger partial charge is 0.129 e. The van der Waals surface area contributed by atoms with E-state index in [1.165, 1.54) is 6.07 Å². The van der Waals surface area contributed by atoms with Crippen molar-refractivity contribution in [2.75, 3.05) is 6.54 Å². The lowest BCUT2D eigenvalue weighted by Gasteiger charge is -2.36. The lowest BCUT2D eigenvalue weighted by atomic mass is 9.80. The van der Waals surface area contributed by atoms with Crippen LogP contribution in [0.25, 0.3) is 0 Å². The van der Waals surface area contributed by atoms with Crippen molar-refractivity contribution < 1.29 is 9.50 Å². The van der Waals surface area contributed by atoms with Gasteiger partial charge < -0.3 is 10.4 Å². The summed E-state index contributed by atoms with van der Waals surface area (Å²) >= 11 is 0. The normalized spacial score (nSPS) is 17.2. The fraction of sp³-hybridized carbons (Fsp3) is 0.462. The van der Waals surface area contributed by atoms with Gasteiger partial charge in [0, 0.05) is 18.7 Å². The highest BCUT2D eigenvalue weighted by molar-refractivity contribution is 5.32. The van der Waals surface area contributed by atoms with Crippen molar-refractivity contribution in [1.29, 1.82) is 5.26 Å². The third kappa shape index (κ3) is 2.82. The summed E-state index contributed by atoms with van der Waals surface area (Å²) in [5.74, 6) is -0.378. The quantitative estimate of drug-likeness (QED) is 0.833. The van der Waals surface area contributed by atoms with Crippen molar-refractivity contribution in [3.63, 3.8) is 0 Å². The minimum atomic E-state index is -0.594. The molecule has 0 spiro atoms. The Morgan fingerprint density at radius 1 is 1.47 bits per heavy atom. The van der Waals surface area contributed by atoms with Crippen molar-refractivity contribution in [2.45, 2.75) is 31.4 Å². The summed E-state index contributed by atoms with van der Waals surface area (Å²) < 4.78 is 13.5. The molecule has 0 heterocycles. The summed E-state index contributed by atoms with van der Waals surface area (Å²) in [5.41, 5.74) is 0.249. The molecule has 1 aromatic rings. The van der Waals surface area contributed by atoms with E-state index in [1.807, 2.05) is 6.07 Å². The maximum absolute atomic E-state index is 13.5. The number of nitriles is 1. The van der Waals surface area contributed by atoms with Gasteiger partial charge in [0.05, 0.1) is 17.2 Å². The molecule has 0 bridgehead atoms. The largest absolute Gasteiger partial charge is 0.389 e. The van der Waals surface area contributed by atoms with Gasteiger partial charge in [-0.05, 0) is 31.4 Å². The highest BCUT2D eigenvalue weighted by atomic mass is 19.1. The molecular weight excluding hydrogens is 219 g/mol. The first-order valence-electron chi connectivity index (χ1n) is 5.75. The highest BCUT2D eigenvalue weighted by Crippen LogP contribution is 2.30. The lowest BCUT2D eigenvalue weighted by molar-refractivity contribution is -0.0315. The first-order chi connectivity index (χ1) is 8.13. The van der Waals surface area contributed by atoms with Crippen molar-refractivity contribution in [1.82, 2.24) is 5.32 Å². The van der Waals surface area contributed by atoms with Crippen LogP contribution >= 0.6 is 0 Å². The van der Waals surface area contributed by atoms with Gasteiger partial charge >= 0.3 is 0 Å². The van der Waals surface area contributed by atoms with Crippen LogP contribution in [0.4, 0.5) is 4.39 Å². The zero-order chi connectivity index (χ0) is 12.3. The van der Waals surface area contributed by atoms with Crippen molar-refractivity contribution in [3.05, 3.63) is 35.1 Å². The van der Waals surface area contributed by atoms with Gasteiger partial charge in [0.15, 0.2) is 0 Å². The number of rotatable bonds is 4. The highest BCUT2D eigenvalue weighted by Gasteiger charge is 2.33. The Morgan fingerprint density at radius 3 is 2.76 bits per heavy atom. The number of nitrogens with one attached hydrogen (secondary N) is 1. The molecular formula is C13H15FN2O. The molecule has 0 unspecified atom stereocenters. The van der Waals surface area contributed by atoms with E-state index in [0.717, 1.165) is 19.3 Å². The molecule has 1 fully saturated rings. The molecule has 17 heavy (non-hydrogen) atoms. The predicted molar refractivity (Wildman–Crippen MR) is 61.6 cm³/mol. The zero-order valence-electron chi connectivity index (χ0n) is 9.54. The Morgan fingerprint density at radius 2 is 2.24 bits per heavy atom. The molecule has 3 nitrogen and oxygen atoms in total. The second-order valence-electron chi connectivity index (χ2n) is 4.60. The van der Waals surface area contributed by atoms with Crippen LogP contribution in [0.5, 0.6) is 0 Å². The summed E-state index contributed by atoms with van der Waals surface area (Å²) in [6.45, 7) is 0.867. The summed E-state index contributed by atoms with van der Waals surface area (Å²) in [7, 11) is 0. The fourth-order valence-corrected chi connectivity index (χ4v) is 1.95. The van der Waals surface area contributed by atoms with Crippen LogP contribution in [-0.4, -0.2) is 17.3 Å². The van der Waals surface area contributed by atoms with Crippen LogP contribution in [0, 0.1) is 17.1 Å². The van der Waals surface area contributed by atoms with Gasteiger partial charge in [-0.2, -0.15) is 5.26 Å². The standard InChI is InChI=1S/C13H15FN2O/c14-12-6-10(7-15)2-3-11(12)8-16-9-13(17)4-1-5-13/h2-3,6,16-17H,1,4-5,8-9H2. The summed E-state index contributed by atoms with van der Waals surface area (Å²) in [6.07, 6.45) is 2.69. The lowest BCUT2D eigenvalue weighted by Crippen LogP contribution is -2.46. The van der Waals surface area contributed by atoms with Gasteiger partial charge in [-0.1, -0.05) is 6.07 Å². The number of halogens is 1. The second-order valence-corrected chi connectivity index (χ2v) is 4.60. The average molecular weight is 234 g/mol. The van der Waals surface area contributed by atoms with E-state index in [1.54, 1.807) is 12.1 Å². The molecule has 1 aromatic carbocycles. The first kappa shape index (κ1) is 12.0. The molecule has 0 aliphatic heterocycles. The molecule has 1 saturated carbocycles. The van der Waals surface area contributed by atoms with Crippen molar-refractivity contribution in [2.24, 2.45) is 0 Å². The number of hydrogen-bond donors (Lipinski definition) is 2. The van der Waals surface area contributed by atoms with E-state index < -0.39 is 5.60 Å². The number of hydrogen-bond acceptors (Lipinski definition) is 3. The molecule has 0 amide bonds. The molecule has 4 heteroatoms. The van der Waals surface area contributed by atoms with Gasteiger partial charge in [0.1, 0.15) is 5.82 Å². The van der Waals surface area contributed by atoms with Crippen LogP contribution < -0.4 is 5.32 Å². The monoisotopic (exact) mass is 234 g/mol. The minimum Gasteiger partial charge on any atom is -0.389 e. The molecule has 2 N–H and O–H groups in total. The van der Waals surface area contributed by atoms with Crippen molar-refractivity contribution >= 4 is 0 Å². The van der Waals surface area contributed by atoms with E-state index in [0.29, 0.717) is 24.2 Å². The summed E-state index contributed by atoms with van der Waals surface area (Å²) in [6, 6.07) is 6.32. The minimum absolute atomic E-state index is 0.323. The van der Waals surface area contributed by atoms with Crippen LogP contribution in [0.15, 0.2) is 18.2 Å². The Bertz CT molecular complexity index is 449. The number of aliphatic hydroxyl groups is 1. The van der Waals surface area contributed by atoms with E-state index >= 15 is 0 Å². The van der Waals surface area contributed by atoms with Gasteiger partial charge in [0.2, 0.25) is 0 Å². The maximum Gasteiger partial charge on any atom is 0.129 e. The van der Waals surface area contributed by atoms with Crippen molar-refractivity contribution in [3.8, 4) is 6.07 Å². The van der Waals surface area contributed by atoms with Crippen LogP contribution in [0.1, 0.15) is 30.4 Å². The third-order valence-corrected chi connectivity index (χ3v) is 3.24.